The number of carbonyl (C=O) groups excluding carboxylic acids is 1. The van der Waals surface area contributed by atoms with Crippen molar-refractivity contribution in [1.29, 1.82) is 0 Å². The molecular weight excluding hydrogens is 466 g/mol. The van der Waals surface area contributed by atoms with E-state index in [1.54, 1.807) is 29.8 Å². The zero-order valence-corrected chi connectivity index (χ0v) is 20.2. The molecule has 1 aliphatic rings. The summed E-state index contributed by atoms with van der Waals surface area (Å²) < 4.78 is 6.54. The first-order valence-corrected chi connectivity index (χ1v) is 12.0. The maximum absolute atomic E-state index is 12.0. The van der Waals surface area contributed by atoms with Gasteiger partial charge < -0.3 is 25.8 Å². The number of benzene rings is 1. The van der Waals surface area contributed by atoms with Gasteiger partial charge in [0.25, 0.3) is 5.91 Å². The van der Waals surface area contributed by atoms with Gasteiger partial charge in [0, 0.05) is 36.0 Å². The number of nitrogen functional groups attached to an aromatic ring is 1. The van der Waals surface area contributed by atoms with E-state index in [0.717, 1.165) is 45.1 Å². The number of aliphatic hydroxyl groups is 1. The van der Waals surface area contributed by atoms with E-state index in [0.29, 0.717) is 30.3 Å². The zero-order valence-electron chi connectivity index (χ0n) is 19.4. The summed E-state index contributed by atoms with van der Waals surface area (Å²) in [7, 11) is 0. The van der Waals surface area contributed by atoms with E-state index >= 15 is 0 Å². The number of rotatable bonds is 5. The van der Waals surface area contributed by atoms with Gasteiger partial charge in [0.2, 0.25) is 5.95 Å². The van der Waals surface area contributed by atoms with E-state index in [2.05, 4.69) is 20.2 Å². The standard InChI is InChI=1S/C24H25N7O3S/c1-13-18-20(35-19(13)15-4-3-5-17(10-15)28-23(33)14(2)32)22(31-6-8-34-9-7-31)30-21(29-18)16-11-26-24(25)27-12-16/h3-5,10-12,14,32H,6-9H2,1-2H3,(H,28,33)(H2,25,26,27). The van der Waals surface area contributed by atoms with Crippen molar-refractivity contribution in [2.24, 2.45) is 0 Å². The van der Waals surface area contributed by atoms with Crippen LogP contribution in [0.2, 0.25) is 0 Å². The summed E-state index contributed by atoms with van der Waals surface area (Å²) >= 11 is 1.62. The SMILES string of the molecule is Cc1c(-c2cccc(NC(=O)C(C)O)c2)sc2c(N3CCOCC3)nc(-c3cnc(N)nc3)nc12. The zero-order chi connectivity index (χ0) is 24.5. The Hall–Kier alpha value is -3.67. The van der Waals surface area contributed by atoms with Gasteiger partial charge in [0.1, 0.15) is 6.10 Å². The Morgan fingerprint density at radius 2 is 1.94 bits per heavy atom. The first kappa shape index (κ1) is 23.1. The molecule has 1 aromatic carbocycles. The molecule has 0 bridgehead atoms. The van der Waals surface area contributed by atoms with E-state index in [1.165, 1.54) is 6.92 Å². The number of anilines is 3. The number of nitrogens with zero attached hydrogens (tertiary/aromatic N) is 5. The molecule has 0 spiro atoms. The number of amides is 1. The van der Waals surface area contributed by atoms with Crippen LogP contribution in [0.1, 0.15) is 12.5 Å². The third-order valence-corrected chi connectivity index (χ3v) is 7.09. The van der Waals surface area contributed by atoms with Crippen LogP contribution in [0, 0.1) is 6.92 Å². The highest BCUT2D eigenvalue weighted by Crippen LogP contribution is 2.42. The lowest BCUT2D eigenvalue weighted by Gasteiger charge is -2.28. The monoisotopic (exact) mass is 491 g/mol. The molecule has 1 unspecified atom stereocenters. The second kappa shape index (κ2) is 9.53. The van der Waals surface area contributed by atoms with Crippen molar-refractivity contribution in [3.8, 4) is 21.8 Å². The molecule has 0 saturated carbocycles. The number of thiophene rings is 1. The Morgan fingerprint density at radius 3 is 2.66 bits per heavy atom. The Balaban J connectivity index is 1.64. The second-order valence-electron chi connectivity index (χ2n) is 8.28. The van der Waals surface area contributed by atoms with Gasteiger partial charge in [-0.3, -0.25) is 4.79 Å². The fraction of sp³-hybridized carbons (Fsp3) is 0.292. The van der Waals surface area contributed by atoms with Crippen LogP contribution < -0.4 is 16.0 Å². The van der Waals surface area contributed by atoms with E-state index in [1.807, 2.05) is 25.1 Å². The van der Waals surface area contributed by atoms with Gasteiger partial charge in [-0.25, -0.2) is 19.9 Å². The molecular formula is C24H25N7O3S. The molecule has 0 aliphatic carbocycles. The predicted octanol–water partition coefficient (Wildman–Crippen LogP) is 2.86. The first-order chi connectivity index (χ1) is 16.9. The van der Waals surface area contributed by atoms with E-state index in [-0.39, 0.29) is 5.95 Å². The fourth-order valence-electron chi connectivity index (χ4n) is 3.91. The minimum absolute atomic E-state index is 0.194. The molecule has 10 nitrogen and oxygen atoms in total. The van der Waals surface area contributed by atoms with Gasteiger partial charge in [0.05, 0.1) is 29.0 Å². The minimum Gasteiger partial charge on any atom is -0.384 e. The van der Waals surface area contributed by atoms with E-state index in [4.69, 9.17) is 20.4 Å². The highest BCUT2D eigenvalue weighted by molar-refractivity contribution is 7.23. The van der Waals surface area contributed by atoms with Crippen LogP contribution in [0.4, 0.5) is 17.5 Å². The Kier molecular flexibility index (Phi) is 6.29. The van der Waals surface area contributed by atoms with Crippen molar-refractivity contribution in [1.82, 2.24) is 19.9 Å². The number of nitrogens with one attached hydrogen (secondary N) is 1. The number of hydrogen-bond donors (Lipinski definition) is 3. The van der Waals surface area contributed by atoms with Crippen LogP contribution in [0.15, 0.2) is 36.7 Å². The molecule has 35 heavy (non-hydrogen) atoms. The lowest BCUT2D eigenvalue weighted by Crippen LogP contribution is -2.36. The second-order valence-corrected chi connectivity index (χ2v) is 9.30. The van der Waals surface area contributed by atoms with E-state index < -0.39 is 12.0 Å². The molecule has 4 aromatic rings. The van der Waals surface area contributed by atoms with Crippen LogP contribution in [-0.4, -0.2) is 63.4 Å². The number of aromatic nitrogens is 4. The quantitative estimate of drug-likeness (QED) is 0.384. The van der Waals surface area contributed by atoms with Crippen molar-refractivity contribution in [2.75, 3.05) is 42.3 Å². The summed E-state index contributed by atoms with van der Waals surface area (Å²) in [6.45, 7) is 6.20. The normalized spacial score (nSPS) is 14.8. The van der Waals surface area contributed by atoms with Crippen molar-refractivity contribution < 1.29 is 14.6 Å². The average Bonchev–Trinajstić information content (AvgIpc) is 3.21. The number of aryl methyl sites for hydroxylation is 1. The largest absolute Gasteiger partial charge is 0.384 e. The molecule has 180 valence electrons. The molecule has 1 amide bonds. The number of hydrogen-bond acceptors (Lipinski definition) is 10. The molecule has 4 heterocycles. The fourth-order valence-corrected chi connectivity index (χ4v) is 5.17. The first-order valence-electron chi connectivity index (χ1n) is 11.2. The van der Waals surface area contributed by atoms with Crippen LogP contribution in [0.25, 0.3) is 32.0 Å². The van der Waals surface area contributed by atoms with Gasteiger partial charge in [-0.1, -0.05) is 12.1 Å². The molecule has 11 heteroatoms. The van der Waals surface area contributed by atoms with Crippen LogP contribution >= 0.6 is 11.3 Å². The molecule has 1 atom stereocenters. The molecule has 4 N–H and O–H groups in total. The van der Waals surface area contributed by atoms with Gasteiger partial charge >= 0.3 is 0 Å². The molecule has 1 aliphatic heterocycles. The lowest BCUT2D eigenvalue weighted by molar-refractivity contribution is -0.123. The Labute approximate surface area is 205 Å². The topological polar surface area (TPSA) is 139 Å². The molecule has 1 fully saturated rings. The molecule has 5 rings (SSSR count). The number of nitrogens with two attached hydrogens (primary N) is 1. The number of ether oxygens (including phenoxy) is 1. The van der Waals surface area contributed by atoms with E-state index in [9.17, 15) is 9.90 Å². The summed E-state index contributed by atoms with van der Waals surface area (Å²) in [5.74, 6) is 1.12. The summed E-state index contributed by atoms with van der Waals surface area (Å²) in [5, 5.41) is 12.3. The summed E-state index contributed by atoms with van der Waals surface area (Å²) in [6.07, 6.45) is 2.17. The van der Waals surface area contributed by atoms with Gasteiger partial charge in [-0.2, -0.15) is 0 Å². The van der Waals surface area contributed by atoms with Gasteiger partial charge in [0.15, 0.2) is 11.6 Å². The highest BCUT2D eigenvalue weighted by Gasteiger charge is 2.23. The maximum Gasteiger partial charge on any atom is 0.252 e. The maximum atomic E-state index is 12.0. The molecule has 1 saturated heterocycles. The van der Waals surface area contributed by atoms with Gasteiger partial charge in [-0.05, 0) is 37.1 Å². The lowest BCUT2D eigenvalue weighted by atomic mass is 10.1. The number of carbonyl (C=O) groups is 1. The summed E-state index contributed by atoms with van der Waals surface area (Å²) in [4.78, 5) is 33.2. The average molecular weight is 492 g/mol. The van der Waals surface area contributed by atoms with Gasteiger partial charge in [-0.15, -0.1) is 11.3 Å². The van der Waals surface area contributed by atoms with Crippen LogP contribution in [-0.2, 0) is 9.53 Å². The third-order valence-electron chi connectivity index (χ3n) is 5.76. The predicted molar refractivity (Wildman–Crippen MR) is 136 cm³/mol. The Bertz CT molecular complexity index is 1380. The van der Waals surface area contributed by atoms with Crippen molar-refractivity contribution in [2.45, 2.75) is 20.0 Å². The number of aliphatic hydroxyl groups excluding tert-OH is 1. The number of morpholine rings is 1. The molecule has 3 aromatic heterocycles. The summed E-state index contributed by atoms with van der Waals surface area (Å²) in [5.41, 5.74) is 9.78. The van der Waals surface area contributed by atoms with Crippen LogP contribution in [0.3, 0.4) is 0 Å². The van der Waals surface area contributed by atoms with Crippen LogP contribution in [0.5, 0.6) is 0 Å². The summed E-state index contributed by atoms with van der Waals surface area (Å²) in [6, 6.07) is 7.56. The third kappa shape index (κ3) is 4.65. The number of fused-ring (bicyclic) bond motifs is 1. The molecule has 0 radical (unpaired) electrons. The highest BCUT2D eigenvalue weighted by atomic mass is 32.1. The smallest absolute Gasteiger partial charge is 0.252 e. The Morgan fingerprint density at radius 1 is 1.20 bits per heavy atom. The van der Waals surface area contributed by atoms with Crippen molar-refractivity contribution in [3.05, 3.63) is 42.2 Å². The minimum atomic E-state index is -1.09. The van der Waals surface area contributed by atoms with Crippen molar-refractivity contribution >= 4 is 44.9 Å². The van der Waals surface area contributed by atoms with Crippen molar-refractivity contribution in [3.63, 3.8) is 0 Å².